The number of rotatable bonds is 2. The lowest BCUT2D eigenvalue weighted by Crippen LogP contribution is -2.35. The molecule has 2 aromatic rings. The van der Waals surface area contributed by atoms with Gasteiger partial charge in [-0.3, -0.25) is 0 Å². The topological polar surface area (TPSA) is 42.7 Å². The molecule has 0 amide bonds. The highest BCUT2D eigenvalue weighted by Crippen LogP contribution is 2.27. The number of alkyl halides is 2. The molecule has 1 atom stereocenters. The minimum Gasteiger partial charge on any atom is -0.307 e. The van der Waals surface area contributed by atoms with E-state index in [1.165, 1.54) is 4.57 Å². The SMILES string of the molecule is FC(F)c1nnc2n1CCNC2c1ccc(Cl)cc1. The van der Waals surface area contributed by atoms with Crippen molar-refractivity contribution >= 4 is 11.6 Å². The van der Waals surface area contributed by atoms with Gasteiger partial charge in [0.05, 0.1) is 6.04 Å². The van der Waals surface area contributed by atoms with Crippen LogP contribution in [0.2, 0.25) is 5.02 Å². The Morgan fingerprint density at radius 1 is 1.26 bits per heavy atom. The van der Waals surface area contributed by atoms with Gasteiger partial charge in [0.25, 0.3) is 6.43 Å². The predicted octanol–water partition coefficient (Wildman–Crippen LogP) is 2.56. The zero-order valence-electron chi connectivity index (χ0n) is 9.85. The maximum Gasteiger partial charge on any atom is 0.297 e. The summed E-state index contributed by atoms with van der Waals surface area (Å²) in [6, 6.07) is 7.01. The van der Waals surface area contributed by atoms with E-state index in [2.05, 4.69) is 15.5 Å². The van der Waals surface area contributed by atoms with E-state index >= 15 is 0 Å². The molecule has 1 aromatic carbocycles. The Labute approximate surface area is 113 Å². The standard InChI is InChI=1S/C12H11ClF2N4/c13-8-3-1-7(2-4-8)9-11-17-18-12(10(14)15)19(11)6-5-16-9/h1-4,9-10,16H,5-6H2. The first-order chi connectivity index (χ1) is 9.16. The van der Waals surface area contributed by atoms with Gasteiger partial charge >= 0.3 is 0 Å². The van der Waals surface area contributed by atoms with Crippen LogP contribution in [-0.2, 0) is 6.54 Å². The first-order valence-electron chi connectivity index (χ1n) is 5.87. The molecular formula is C12H11ClF2N4. The van der Waals surface area contributed by atoms with Gasteiger partial charge in [-0.25, -0.2) is 8.78 Å². The molecule has 2 heterocycles. The third kappa shape index (κ3) is 2.21. The summed E-state index contributed by atoms with van der Waals surface area (Å²) >= 11 is 5.84. The second kappa shape index (κ2) is 4.86. The van der Waals surface area contributed by atoms with E-state index in [1.807, 2.05) is 12.1 Å². The highest BCUT2D eigenvalue weighted by molar-refractivity contribution is 6.30. The quantitative estimate of drug-likeness (QED) is 0.922. The molecule has 0 aliphatic carbocycles. The van der Waals surface area contributed by atoms with E-state index in [1.54, 1.807) is 12.1 Å². The molecule has 7 heteroatoms. The van der Waals surface area contributed by atoms with Crippen molar-refractivity contribution in [2.45, 2.75) is 19.0 Å². The summed E-state index contributed by atoms with van der Waals surface area (Å²) in [5.41, 5.74) is 0.929. The lowest BCUT2D eigenvalue weighted by molar-refractivity contribution is 0.133. The number of fused-ring (bicyclic) bond motifs is 1. The largest absolute Gasteiger partial charge is 0.307 e. The van der Waals surface area contributed by atoms with Crippen molar-refractivity contribution in [1.82, 2.24) is 20.1 Å². The smallest absolute Gasteiger partial charge is 0.297 e. The molecule has 3 rings (SSSR count). The number of nitrogens with zero attached hydrogens (tertiary/aromatic N) is 3. The first kappa shape index (κ1) is 12.5. The van der Waals surface area contributed by atoms with Crippen molar-refractivity contribution in [2.24, 2.45) is 0 Å². The monoisotopic (exact) mass is 284 g/mol. The zero-order valence-corrected chi connectivity index (χ0v) is 10.6. The molecule has 1 aliphatic rings. The molecule has 1 unspecified atom stereocenters. The Morgan fingerprint density at radius 2 is 2.00 bits per heavy atom. The molecule has 0 radical (unpaired) electrons. The first-order valence-corrected chi connectivity index (χ1v) is 6.24. The third-order valence-corrected chi connectivity index (χ3v) is 3.40. The van der Waals surface area contributed by atoms with Gasteiger partial charge in [0.2, 0.25) is 0 Å². The number of benzene rings is 1. The average molecular weight is 285 g/mol. The van der Waals surface area contributed by atoms with Crippen molar-refractivity contribution < 1.29 is 8.78 Å². The molecule has 0 spiro atoms. The van der Waals surface area contributed by atoms with Crippen LogP contribution in [0.1, 0.15) is 29.7 Å². The van der Waals surface area contributed by atoms with Crippen molar-refractivity contribution in [3.63, 3.8) is 0 Å². The van der Waals surface area contributed by atoms with Gasteiger partial charge in [-0.05, 0) is 17.7 Å². The van der Waals surface area contributed by atoms with Crippen LogP contribution in [0.3, 0.4) is 0 Å². The highest BCUT2D eigenvalue weighted by atomic mass is 35.5. The normalized spacial score (nSPS) is 18.6. The van der Waals surface area contributed by atoms with Gasteiger partial charge in [0, 0.05) is 18.1 Å². The molecule has 1 aliphatic heterocycles. The van der Waals surface area contributed by atoms with E-state index in [0.29, 0.717) is 23.9 Å². The maximum atomic E-state index is 12.8. The van der Waals surface area contributed by atoms with Gasteiger partial charge in [-0.1, -0.05) is 23.7 Å². The summed E-state index contributed by atoms with van der Waals surface area (Å²) in [7, 11) is 0. The summed E-state index contributed by atoms with van der Waals surface area (Å²) < 4.78 is 27.1. The summed E-state index contributed by atoms with van der Waals surface area (Å²) in [6.07, 6.45) is -2.61. The lowest BCUT2D eigenvalue weighted by Gasteiger charge is -2.25. The van der Waals surface area contributed by atoms with Crippen molar-refractivity contribution in [1.29, 1.82) is 0 Å². The van der Waals surface area contributed by atoms with Crippen molar-refractivity contribution in [3.8, 4) is 0 Å². The summed E-state index contributed by atoms with van der Waals surface area (Å²) in [4.78, 5) is 0. The lowest BCUT2D eigenvalue weighted by atomic mass is 10.0. The molecule has 0 fully saturated rings. The molecule has 1 N–H and O–H groups in total. The fraction of sp³-hybridized carbons (Fsp3) is 0.333. The second-order valence-corrected chi connectivity index (χ2v) is 4.74. The Morgan fingerprint density at radius 3 is 2.68 bits per heavy atom. The summed E-state index contributed by atoms with van der Waals surface area (Å²) in [6.45, 7) is 1.05. The minimum absolute atomic E-state index is 0.231. The van der Waals surface area contributed by atoms with Gasteiger partial charge in [0.1, 0.15) is 0 Å². The van der Waals surface area contributed by atoms with Crippen LogP contribution in [-0.4, -0.2) is 21.3 Å². The Bertz CT molecular complexity index is 582. The maximum absolute atomic E-state index is 12.8. The number of hydrogen-bond donors (Lipinski definition) is 1. The van der Waals surface area contributed by atoms with Crippen LogP contribution < -0.4 is 5.32 Å². The number of aromatic nitrogens is 3. The molecule has 0 saturated carbocycles. The fourth-order valence-electron chi connectivity index (χ4n) is 2.27. The number of hydrogen-bond acceptors (Lipinski definition) is 3. The van der Waals surface area contributed by atoms with Crippen LogP contribution in [0.25, 0.3) is 0 Å². The van der Waals surface area contributed by atoms with E-state index in [4.69, 9.17) is 11.6 Å². The Kier molecular flexibility index (Phi) is 3.20. The van der Waals surface area contributed by atoms with Crippen LogP contribution >= 0.6 is 11.6 Å². The molecule has 100 valence electrons. The van der Waals surface area contributed by atoms with Crippen LogP contribution in [0.4, 0.5) is 8.78 Å². The van der Waals surface area contributed by atoms with Gasteiger partial charge in [-0.15, -0.1) is 10.2 Å². The summed E-state index contributed by atoms with van der Waals surface area (Å²) in [5.74, 6) is 0.249. The minimum atomic E-state index is -2.61. The third-order valence-electron chi connectivity index (χ3n) is 3.15. The molecule has 1 aromatic heterocycles. The zero-order chi connectivity index (χ0) is 13.4. The predicted molar refractivity (Wildman–Crippen MR) is 66.3 cm³/mol. The van der Waals surface area contributed by atoms with Crippen molar-refractivity contribution in [3.05, 3.63) is 46.5 Å². The van der Waals surface area contributed by atoms with E-state index in [9.17, 15) is 8.78 Å². The van der Waals surface area contributed by atoms with Gasteiger partial charge in [-0.2, -0.15) is 0 Å². The van der Waals surface area contributed by atoms with Crippen LogP contribution in [0.5, 0.6) is 0 Å². The second-order valence-electron chi connectivity index (χ2n) is 4.31. The van der Waals surface area contributed by atoms with E-state index in [-0.39, 0.29) is 11.9 Å². The summed E-state index contributed by atoms with van der Waals surface area (Å²) in [5, 5.41) is 11.4. The number of halogens is 3. The Hall–Kier alpha value is -1.53. The van der Waals surface area contributed by atoms with Gasteiger partial charge < -0.3 is 9.88 Å². The molecule has 4 nitrogen and oxygen atoms in total. The van der Waals surface area contributed by atoms with Crippen LogP contribution in [0, 0.1) is 0 Å². The van der Waals surface area contributed by atoms with E-state index in [0.717, 1.165) is 5.56 Å². The van der Waals surface area contributed by atoms with Gasteiger partial charge in [0.15, 0.2) is 11.6 Å². The molecule has 0 saturated heterocycles. The average Bonchev–Trinajstić information content (AvgIpc) is 2.83. The molecule has 19 heavy (non-hydrogen) atoms. The fourth-order valence-corrected chi connectivity index (χ4v) is 2.39. The molecule has 0 bridgehead atoms. The molecular weight excluding hydrogens is 274 g/mol. The number of nitrogens with one attached hydrogen (secondary N) is 1. The van der Waals surface area contributed by atoms with Crippen LogP contribution in [0.15, 0.2) is 24.3 Å². The highest BCUT2D eigenvalue weighted by Gasteiger charge is 2.28. The van der Waals surface area contributed by atoms with Crippen molar-refractivity contribution in [2.75, 3.05) is 6.54 Å². The van der Waals surface area contributed by atoms with E-state index < -0.39 is 6.43 Å². The Balaban J connectivity index is 2.01.